The molecule has 0 spiro atoms. The van der Waals surface area contributed by atoms with Crippen molar-refractivity contribution in [1.29, 1.82) is 0 Å². The first-order chi connectivity index (χ1) is 11.7. The Bertz CT molecular complexity index is 705. The summed E-state index contributed by atoms with van der Waals surface area (Å²) in [5.74, 6) is 0.380. The first kappa shape index (κ1) is 17.1. The molecule has 0 saturated heterocycles. The number of aliphatic hydroxyl groups excluding tert-OH is 1. The maximum atomic E-state index is 12.3. The van der Waals surface area contributed by atoms with E-state index in [0.717, 1.165) is 31.4 Å². The van der Waals surface area contributed by atoms with E-state index in [-0.39, 0.29) is 17.7 Å². The fraction of sp³-hybridized carbons (Fsp3) is 0.474. The number of carbonyl (C=O) groups is 1. The topological polar surface area (TPSA) is 61.7 Å². The Morgan fingerprint density at radius 3 is 2.75 bits per heavy atom. The molecule has 1 aromatic carbocycles. The number of rotatable bonds is 3. The highest BCUT2D eigenvalue weighted by atomic mass is 32.2. The van der Waals surface area contributed by atoms with Gasteiger partial charge in [0, 0.05) is 6.04 Å². The van der Waals surface area contributed by atoms with Gasteiger partial charge >= 0.3 is 0 Å². The lowest BCUT2D eigenvalue weighted by atomic mass is 10.1. The Balaban J connectivity index is 0.000000815. The molecule has 128 valence electrons. The van der Waals surface area contributed by atoms with Crippen molar-refractivity contribution in [3.05, 3.63) is 40.7 Å². The molecular weight excluding hydrogens is 320 g/mol. The van der Waals surface area contributed by atoms with Crippen LogP contribution in [0.15, 0.2) is 34.5 Å². The van der Waals surface area contributed by atoms with Gasteiger partial charge in [0.1, 0.15) is 16.4 Å². The second kappa shape index (κ2) is 7.43. The van der Waals surface area contributed by atoms with Gasteiger partial charge in [-0.15, -0.1) is 0 Å². The predicted octanol–water partition coefficient (Wildman–Crippen LogP) is 4.07. The number of aliphatic hydroxyl groups is 1. The van der Waals surface area contributed by atoms with E-state index in [2.05, 4.69) is 22.4 Å². The molecule has 5 heteroatoms. The van der Waals surface area contributed by atoms with Crippen molar-refractivity contribution in [2.24, 2.45) is 4.99 Å². The highest BCUT2D eigenvalue weighted by Gasteiger charge is 2.32. The Morgan fingerprint density at radius 2 is 2.00 bits per heavy atom. The molecule has 0 unspecified atom stereocenters. The molecule has 0 bridgehead atoms. The number of hydrogen-bond donors (Lipinski definition) is 2. The van der Waals surface area contributed by atoms with E-state index in [1.165, 1.54) is 29.3 Å². The van der Waals surface area contributed by atoms with Gasteiger partial charge in [-0.1, -0.05) is 31.7 Å². The number of carbonyl (C=O) groups excluding carboxylic acids is 1. The van der Waals surface area contributed by atoms with E-state index in [4.69, 9.17) is 0 Å². The van der Waals surface area contributed by atoms with Crippen molar-refractivity contribution in [2.75, 3.05) is 5.75 Å². The largest absolute Gasteiger partial charge is 0.510 e. The van der Waals surface area contributed by atoms with Gasteiger partial charge in [-0.05, 0) is 55.4 Å². The van der Waals surface area contributed by atoms with E-state index in [9.17, 15) is 9.90 Å². The van der Waals surface area contributed by atoms with Crippen LogP contribution in [0.5, 0.6) is 0 Å². The number of thioether (sulfide) groups is 1. The van der Waals surface area contributed by atoms with E-state index in [1.807, 2.05) is 19.9 Å². The summed E-state index contributed by atoms with van der Waals surface area (Å²) in [5.41, 5.74) is 4.00. The van der Waals surface area contributed by atoms with Crippen LogP contribution in [0, 0.1) is 0 Å². The van der Waals surface area contributed by atoms with E-state index in [0.29, 0.717) is 16.4 Å². The van der Waals surface area contributed by atoms with Crippen LogP contribution >= 0.6 is 11.8 Å². The Labute approximate surface area is 147 Å². The van der Waals surface area contributed by atoms with Crippen molar-refractivity contribution in [2.45, 2.75) is 52.0 Å². The number of fused-ring (bicyclic) bond motifs is 1. The fourth-order valence-corrected chi connectivity index (χ4v) is 3.89. The van der Waals surface area contributed by atoms with Crippen LogP contribution in [-0.4, -0.2) is 27.9 Å². The minimum Gasteiger partial charge on any atom is -0.510 e. The number of amides is 1. The van der Waals surface area contributed by atoms with Gasteiger partial charge in [-0.25, -0.2) is 4.99 Å². The van der Waals surface area contributed by atoms with Crippen molar-refractivity contribution in [3.8, 4) is 0 Å². The summed E-state index contributed by atoms with van der Waals surface area (Å²) in [4.78, 5) is 16.9. The highest BCUT2D eigenvalue weighted by molar-refractivity contribution is 8.15. The second-order valence-electron chi connectivity index (χ2n) is 6.08. The third kappa shape index (κ3) is 3.66. The van der Waals surface area contributed by atoms with Crippen LogP contribution in [0.2, 0.25) is 0 Å². The first-order valence-corrected chi connectivity index (χ1v) is 9.76. The van der Waals surface area contributed by atoms with Crippen molar-refractivity contribution < 1.29 is 9.90 Å². The van der Waals surface area contributed by atoms with Crippen molar-refractivity contribution >= 4 is 28.4 Å². The van der Waals surface area contributed by atoms with Gasteiger partial charge in [0.05, 0.1) is 11.4 Å². The molecule has 1 amide bonds. The van der Waals surface area contributed by atoms with Crippen molar-refractivity contribution in [1.82, 2.24) is 5.32 Å². The summed E-state index contributed by atoms with van der Waals surface area (Å²) in [6.07, 6.45) is 5.53. The number of benzene rings is 1. The molecule has 1 fully saturated rings. The standard InChI is InChI=1S/C17H18N2O2S.C2H6/c20-14-9-22-17(15(14)16(21)18-12-6-7-12)19-13-5-4-10-2-1-3-11(10)8-13;1-2/h4-5,8,12,20H,1-3,6-7,9H2,(H,18,21);1-2H3. The summed E-state index contributed by atoms with van der Waals surface area (Å²) in [5, 5.41) is 13.6. The molecule has 1 heterocycles. The smallest absolute Gasteiger partial charge is 0.257 e. The normalized spacial score (nSPS) is 20.7. The quantitative estimate of drug-likeness (QED) is 0.869. The lowest BCUT2D eigenvalue weighted by molar-refractivity contribution is -0.117. The highest BCUT2D eigenvalue weighted by Crippen LogP contribution is 2.32. The number of nitrogens with zero attached hydrogens (tertiary/aromatic N) is 1. The molecule has 4 rings (SSSR count). The zero-order valence-corrected chi connectivity index (χ0v) is 15.1. The SMILES string of the molecule is CC.O=C(NC1CC1)C1=C(O)CSC1=Nc1ccc2c(c1)CCC2. The van der Waals surface area contributed by atoms with Gasteiger partial charge in [0.2, 0.25) is 0 Å². The minimum absolute atomic E-state index is 0.142. The third-order valence-electron chi connectivity index (χ3n) is 4.30. The number of hydrogen-bond acceptors (Lipinski definition) is 4. The molecule has 1 aromatic rings. The molecule has 4 nitrogen and oxygen atoms in total. The predicted molar refractivity (Wildman–Crippen MR) is 100 cm³/mol. The lowest BCUT2D eigenvalue weighted by Gasteiger charge is -2.06. The first-order valence-electron chi connectivity index (χ1n) is 8.77. The molecule has 0 aromatic heterocycles. The zero-order chi connectivity index (χ0) is 17.1. The maximum Gasteiger partial charge on any atom is 0.257 e. The number of nitrogens with one attached hydrogen (secondary N) is 1. The van der Waals surface area contributed by atoms with Gasteiger partial charge < -0.3 is 10.4 Å². The Kier molecular flexibility index (Phi) is 5.29. The zero-order valence-electron chi connectivity index (χ0n) is 14.3. The third-order valence-corrected chi connectivity index (χ3v) is 5.29. The van der Waals surface area contributed by atoms with Gasteiger partial charge in [-0.3, -0.25) is 4.79 Å². The van der Waals surface area contributed by atoms with Crippen LogP contribution in [0.1, 0.15) is 44.2 Å². The molecular formula is C19H24N2O2S. The molecule has 1 aliphatic heterocycles. The summed E-state index contributed by atoms with van der Waals surface area (Å²) < 4.78 is 0. The second-order valence-corrected chi connectivity index (χ2v) is 7.05. The number of aliphatic imine (C=N–C) groups is 1. The Hall–Kier alpha value is -1.75. The molecule has 2 N–H and O–H groups in total. The van der Waals surface area contributed by atoms with Crippen LogP contribution < -0.4 is 5.32 Å². The number of aryl methyl sites for hydroxylation is 2. The molecule has 0 atom stereocenters. The Morgan fingerprint density at radius 1 is 1.25 bits per heavy atom. The monoisotopic (exact) mass is 344 g/mol. The molecule has 2 aliphatic carbocycles. The summed E-state index contributed by atoms with van der Waals surface area (Å²) in [6, 6.07) is 6.53. The van der Waals surface area contributed by atoms with Gasteiger partial charge in [-0.2, -0.15) is 0 Å². The van der Waals surface area contributed by atoms with Crippen LogP contribution in [0.3, 0.4) is 0 Å². The molecule has 0 radical (unpaired) electrons. The summed E-state index contributed by atoms with van der Waals surface area (Å²) >= 11 is 1.43. The maximum absolute atomic E-state index is 12.3. The molecule has 3 aliphatic rings. The molecule has 1 saturated carbocycles. The van der Waals surface area contributed by atoms with Crippen LogP contribution in [0.4, 0.5) is 5.69 Å². The molecule has 24 heavy (non-hydrogen) atoms. The fourth-order valence-electron chi connectivity index (χ4n) is 2.95. The van der Waals surface area contributed by atoms with Crippen LogP contribution in [0.25, 0.3) is 0 Å². The van der Waals surface area contributed by atoms with Gasteiger partial charge in [0.15, 0.2) is 0 Å². The van der Waals surface area contributed by atoms with E-state index in [1.54, 1.807) is 0 Å². The summed E-state index contributed by atoms with van der Waals surface area (Å²) in [6.45, 7) is 4.00. The average molecular weight is 344 g/mol. The van der Waals surface area contributed by atoms with E-state index >= 15 is 0 Å². The van der Waals surface area contributed by atoms with Crippen molar-refractivity contribution in [3.63, 3.8) is 0 Å². The van der Waals surface area contributed by atoms with E-state index < -0.39 is 0 Å². The lowest BCUT2D eigenvalue weighted by Crippen LogP contribution is -2.29. The van der Waals surface area contributed by atoms with Crippen LogP contribution in [-0.2, 0) is 17.6 Å². The average Bonchev–Trinajstić information content (AvgIpc) is 3.15. The van der Waals surface area contributed by atoms with Gasteiger partial charge in [0.25, 0.3) is 5.91 Å². The minimum atomic E-state index is -0.190. The summed E-state index contributed by atoms with van der Waals surface area (Å²) in [7, 11) is 0.